The highest BCUT2D eigenvalue weighted by Crippen LogP contribution is 2.37. The number of fused-ring (bicyclic) bond motifs is 9. The van der Waals surface area contributed by atoms with E-state index in [1.807, 2.05) is 17.5 Å². The molecule has 0 bridgehead atoms. The molecule has 4 aromatic heterocycles. The maximum absolute atomic E-state index is 5.75. The van der Waals surface area contributed by atoms with Crippen molar-refractivity contribution >= 4 is 104 Å². The van der Waals surface area contributed by atoms with Gasteiger partial charge in [-0.05, 0) is 64.1 Å². The zero-order valence-electron chi connectivity index (χ0n) is 31.3. The number of nitrogens with zero attached hydrogens (tertiary/aromatic N) is 4. The summed E-state index contributed by atoms with van der Waals surface area (Å²) >= 11 is 1.89. The molecule has 0 unspecified atom stereocenters. The average Bonchev–Trinajstić information content (AvgIpc) is 3.96. The zero-order chi connectivity index (χ0) is 38.2. The van der Waals surface area contributed by atoms with Crippen LogP contribution >= 0.6 is 11.3 Å². The maximum atomic E-state index is 5.75. The Bertz CT molecular complexity index is 3440. The maximum Gasteiger partial charge on any atom is 0.234 e. The second-order valence-corrected chi connectivity index (χ2v) is 19.7. The first-order valence-electron chi connectivity index (χ1n) is 19.7. The molecule has 0 saturated heterocycles. The molecule has 6 heteroatoms. The van der Waals surface area contributed by atoms with Gasteiger partial charge in [-0.3, -0.25) is 4.57 Å². The van der Waals surface area contributed by atoms with Crippen molar-refractivity contribution in [1.82, 2.24) is 19.1 Å². The molecule has 0 amide bonds. The minimum Gasteiger partial charge on any atom is -0.309 e. The fraction of sp³-hybridized carbons (Fsp3) is 0. The van der Waals surface area contributed by atoms with Crippen LogP contribution in [0.15, 0.2) is 206 Å². The second-order valence-electron chi connectivity index (χ2n) is 14.9. The van der Waals surface area contributed by atoms with Gasteiger partial charge in [0, 0.05) is 58.9 Å². The summed E-state index contributed by atoms with van der Waals surface area (Å²) in [7, 11) is -3.06. The molecule has 4 nitrogen and oxygen atoms in total. The molecular weight excluding hydrogens is 741 g/mol. The molecule has 4 heterocycles. The van der Waals surface area contributed by atoms with E-state index in [-0.39, 0.29) is 0 Å². The number of thiophene rings is 1. The first kappa shape index (κ1) is 33.1. The molecule has 12 rings (SSSR count). The minimum atomic E-state index is -3.06. The molecular formula is C52H34N4SSi. The summed E-state index contributed by atoms with van der Waals surface area (Å²) < 4.78 is 7.27. The second kappa shape index (κ2) is 13.0. The topological polar surface area (TPSA) is 35.6 Å². The molecule has 0 aliphatic carbocycles. The van der Waals surface area contributed by atoms with Gasteiger partial charge in [0.05, 0.1) is 22.1 Å². The van der Waals surface area contributed by atoms with Gasteiger partial charge >= 0.3 is 0 Å². The fourth-order valence-corrected chi connectivity index (χ4v) is 15.9. The predicted molar refractivity (Wildman–Crippen MR) is 247 cm³/mol. The van der Waals surface area contributed by atoms with E-state index < -0.39 is 8.07 Å². The van der Waals surface area contributed by atoms with Gasteiger partial charge in [-0.25, -0.2) is 9.97 Å². The zero-order valence-corrected chi connectivity index (χ0v) is 33.1. The summed E-state index contributed by atoms with van der Waals surface area (Å²) in [6, 6.07) is 72.9. The Morgan fingerprint density at radius 1 is 0.414 bits per heavy atom. The molecule has 0 saturated carbocycles. The van der Waals surface area contributed by atoms with E-state index in [1.165, 1.54) is 62.9 Å². The summed E-state index contributed by atoms with van der Waals surface area (Å²) in [6.07, 6.45) is 1.98. The van der Waals surface area contributed by atoms with Gasteiger partial charge in [-0.15, -0.1) is 11.3 Å². The van der Waals surface area contributed by atoms with Crippen molar-refractivity contribution in [3.05, 3.63) is 206 Å². The molecule has 272 valence electrons. The molecule has 0 atom stereocenters. The van der Waals surface area contributed by atoms with E-state index in [0.717, 1.165) is 27.4 Å². The molecule has 0 fully saturated rings. The van der Waals surface area contributed by atoms with Crippen molar-refractivity contribution in [2.24, 2.45) is 0 Å². The standard InChI is InChI=1S/C52H34N4SSi/c1-3-16-36(17-4-1)58(37-18-5-2-6-19-37,49-29-15-24-42-41-23-10-14-28-48(41)57-51(42)49)50-32-33-53-52(54-50)56-46-27-13-9-22-40(46)43-34-35(30-31-47(43)56)55-44-25-11-7-20-38(44)39-21-8-12-26-45(39)55/h1-34H. The smallest absolute Gasteiger partial charge is 0.234 e. The molecule has 0 spiro atoms. The molecule has 8 aromatic carbocycles. The lowest BCUT2D eigenvalue weighted by Crippen LogP contribution is -2.75. The van der Waals surface area contributed by atoms with Crippen molar-refractivity contribution in [2.45, 2.75) is 0 Å². The third-order valence-corrected chi connectivity index (χ3v) is 18.0. The molecule has 0 N–H and O–H groups in total. The third kappa shape index (κ3) is 4.73. The van der Waals surface area contributed by atoms with Gasteiger partial charge in [-0.2, -0.15) is 0 Å². The Kier molecular flexibility index (Phi) is 7.39. The largest absolute Gasteiger partial charge is 0.309 e. The van der Waals surface area contributed by atoms with E-state index in [2.05, 4.69) is 209 Å². The van der Waals surface area contributed by atoms with Crippen LogP contribution in [-0.4, -0.2) is 27.2 Å². The van der Waals surface area contributed by atoms with Crippen LogP contribution in [0.4, 0.5) is 0 Å². The summed E-state index contributed by atoms with van der Waals surface area (Å²) in [5.41, 5.74) is 5.66. The van der Waals surface area contributed by atoms with Gasteiger partial charge in [0.15, 0.2) is 0 Å². The minimum absolute atomic E-state index is 0.667. The van der Waals surface area contributed by atoms with Crippen molar-refractivity contribution in [3.63, 3.8) is 0 Å². The van der Waals surface area contributed by atoms with E-state index >= 15 is 0 Å². The Hall–Kier alpha value is -7.12. The molecule has 12 aromatic rings. The van der Waals surface area contributed by atoms with Crippen LogP contribution in [-0.2, 0) is 0 Å². The highest BCUT2D eigenvalue weighted by Gasteiger charge is 2.45. The molecule has 0 radical (unpaired) electrons. The number of benzene rings is 8. The molecule has 0 aliphatic rings. The summed E-state index contributed by atoms with van der Waals surface area (Å²) in [6.45, 7) is 0. The third-order valence-electron chi connectivity index (χ3n) is 11.9. The van der Waals surface area contributed by atoms with Gasteiger partial charge in [-0.1, -0.05) is 152 Å². The lowest BCUT2D eigenvalue weighted by molar-refractivity contribution is 0.999. The van der Waals surface area contributed by atoms with Crippen molar-refractivity contribution < 1.29 is 0 Å². The van der Waals surface area contributed by atoms with Crippen LogP contribution in [0.2, 0.25) is 0 Å². The van der Waals surface area contributed by atoms with Crippen LogP contribution in [0.3, 0.4) is 0 Å². The Balaban J connectivity index is 1.13. The first-order chi connectivity index (χ1) is 28.8. The molecule has 58 heavy (non-hydrogen) atoms. The number of hydrogen-bond acceptors (Lipinski definition) is 3. The summed E-state index contributed by atoms with van der Waals surface area (Å²) in [4.78, 5) is 10.8. The number of hydrogen-bond donors (Lipinski definition) is 0. The van der Waals surface area contributed by atoms with Gasteiger partial charge in [0.25, 0.3) is 0 Å². The van der Waals surface area contributed by atoms with Crippen LogP contribution in [0.5, 0.6) is 0 Å². The highest BCUT2D eigenvalue weighted by molar-refractivity contribution is 7.30. The SMILES string of the molecule is c1ccc([Si](c2ccccc2)(c2ccnc(-n3c4ccccc4c4cc(-n5c6ccccc6c6ccccc65)ccc43)n2)c2cccc3c2sc2ccccc23)cc1. The quantitative estimate of drug-likeness (QED) is 0.125. The average molecular weight is 775 g/mol. The Morgan fingerprint density at radius 2 is 0.948 bits per heavy atom. The lowest BCUT2D eigenvalue weighted by atomic mass is 10.1. The lowest BCUT2D eigenvalue weighted by Gasteiger charge is -2.33. The first-order valence-corrected chi connectivity index (χ1v) is 22.5. The van der Waals surface area contributed by atoms with Crippen LogP contribution < -0.4 is 20.9 Å². The monoisotopic (exact) mass is 774 g/mol. The Morgan fingerprint density at radius 3 is 1.62 bits per heavy atom. The summed E-state index contributed by atoms with van der Waals surface area (Å²) in [5, 5.41) is 12.4. The summed E-state index contributed by atoms with van der Waals surface area (Å²) in [5.74, 6) is 0.667. The van der Waals surface area contributed by atoms with E-state index in [1.54, 1.807) is 0 Å². The van der Waals surface area contributed by atoms with Crippen molar-refractivity contribution in [2.75, 3.05) is 0 Å². The normalized spacial score (nSPS) is 12.1. The van der Waals surface area contributed by atoms with Crippen molar-refractivity contribution in [3.8, 4) is 11.6 Å². The van der Waals surface area contributed by atoms with Crippen molar-refractivity contribution in [1.29, 1.82) is 0 Å². The highest BCUT2D eigenvalue weighted by atomic mass is 32.1. The molecule has 0 aliphatic heterocycles. The van der Waals surface area contributed by atoms with Crippen LogP contribution in [0.25, 0.3) is 75.4 Å². The van der Waals surface area contributed by atoms with Gasteiger partial charge in [0.1, 0.15) is 0 Å². The fourth-order valence-electron chi connectivity index (χ4n) is 9.51. The van der Waals surface area contributed by atoms with E-state index in [9.17, 15) is 0 Å². The predicted octanol–water partition coefficient (Wildman–Crippen LogP) is 10.4. The van der Waals surface area contributed by atoms with Crippen LogP contribution in [0, 0.1) is 0 Å². The van der Waals surface area contributed by atoms with Gasteiger partial charge in [0.2, 0.25) is 14.0 Å². The van der Waals surface area contributed by atoms with E-state index in [0.29, 0.717) is 5.95 Å². The van der Waals surface area contributed by atoms with Gasteiger partial charge < -0.3 is 4.57 Å². The Labute approximate surface area is 339 Å². The van der Waals surface area contributed by atoms with Crippen LogP contribution in [0.1, 0.15) is 0 Å². The number of rotatable bonds is 6. The number of para-hydroxylation sites is 3. The van der Waals surface area contributed by atoms with E-state index in [4.69, 9.17) is 9.97 Å². The number of aromatic nitrogens is 4.